The van der Waals surface area contributed by atoms with Crippen LogP contribution in [0.15, 0.2) is 12.1 Å². The number of halogens is 3. The molecule has 0 aromatic heterocycles. The molecule has 0 saturated carbocycles. The first-order chi connectivity index (χ1) is 10.8. The Balaban J connectivity index is 3.14. The molecule has 0 heterocycles. The minimum absolute atomic E-state index is 0.00426. The Kier molecular flexibility index (Phi) is 6.99. The van der Waals surface area contributed by atoms with Crippen LogP contribution < -0.4 is 19.5 Å². The van der Waals surface area contributed by atoms with Gasteiger partial charge in [-0.15, -0.1) is 0 Å². The van der Waals surface area contributed by atoms with Crippen LogP contribution in [0.4, 0.5) is 13.2 Å². The topological polar surface area (TPSA) is 56.8 Å². The lowest BCUT2D eigenvalue weighted by atomic mass is 10.1. The Morgan fingerprint density at radius 2 is 1.48 bits per heavy atom. The van der Waals surface area contributed by atoms with Gasteiger partial charge >= 0.3 is 6.18 Å². The number of carbonyl (C=O) groups excluding carboxylic acids is 1. The van der Waals surface area contributed by atoms with E-state index in [0.717, 1.165) is 0 Å². The highest BCUT2D eigenvalue weighted by atomic mass is 19.4. The summed E-state index contributed by atoms with van der Waals surface area (Å²) in [6.45, 7) is 4.81. The number of amides is 1. The van der Waals surface area contributed by atoms with Gasteiger partial charge in [-0.25, -0.2) is 0 Å². The van der Waals surface area contributed by atoms with Crippen molar-refractivity contribution in [1.29, 1.82) is 0 Å². The van der Waals surface area contributed by atoms with Crippen molar-refractivity contribution < 1.29 is 32.2 Å². The van der Waals surface area contributed by atoms with Gasteiger partial charge in [0.15, 0.2) is 11.5 Å². The van der Waals surface area contributed by atoms with E-state index in [-0.39, 0.29) is 17.1 Å². The van der Waals surface area contributed by atoms with E-state index in [2.05, 4.69) is 0 Å². The second-order valence-corrected chi connectivity index (χ2v) is 4.40. The molecule has 23 heavy (non-hydrogen) atoms. The molecule has 0 spiro atoms. The zero-order valence-electron chi connectivity index (χ0n) is 13.3. The van der Waals surface area contributed by atoms with Gasteiger partial charge < -0.3 is 19.5 Å². The first kappa shape index (κ1) is 18.9. The predicted molar refractivity (Wildman–Crippen MR) is 78.3 cm³/mol. The van der Waals surface area contributed by atoms with Crippen LogP contribution in [0.25, 0.3) is 0 Å². The molecule has 0 fully saturated rings. The number of carbonyl (C=O) groups is 1. The first-order valence-corrected chi connectivity index (χ1v) is 7.23. The highest BCUT2D eigenvalue weighted by Gasteiger charge is 2.28. The summed E-state index contributed by atoms with van der Waals surface area (Å²) in [5.41, 5.74) is 0.00426. The van der Waals surface area contributed by atoms with Gasteiger partial charge in [0.2, 0.25) is 5.75 Å². The molecule has 1 aromatic carbocycles. The summed E-state index contributed by atoms with van der Waals surface area (Å²) in [4.78, 5) is 11.9. The molecular weight excluding hydrogens is 315 g/mol. The summed E-state index contributed by atoms with van der Waals surface area (Å²) in [6.07, 6.45) is -4.48. The van der Waals surface area contributed by atoms with Crippen LogP contribution in [-0.2, 0) is 0 Å². The number of alkyl halides is 3. The molecule has 1 rings (SSSR count). The zero-order chi connectivity index (χ0) is 17.5. The van der Waals surface area contributed by atoms with Crippen LogP contribution in [0.2, 0.25) is 0 Å². The van der Waals surface area contributed by atoms with Crippen LogP contribution >= 0.6 is 0 Å². The molecule has 0 aliphatic carbocycles. The van der Waals surface area contributed by atoms with Gasteiger partial charge in [0.25, 0.3) is 5.91 Å². The molecule has 130 valence electrons. The maximum absolute atomic E-state index is 12.2. The number of hydrogen-bond acceptors (Lipinski definition) is 4. The molecule has 0 atom stereocenters. The Morgan fingerprint density at radius 3 is 1.87 bits per heavy atom. The van der Waals surface area contributed by atoms with Crippen LogP contribution in [0, 0.1) is 0 Å². The third-order valence-corrected chi connectivity index (χ3v) is 2.62. The summed E-state index contributed by atoms with van der Waals surface area (Å²) in [6, 6.07) is 2.67. The molecule has 0 radical (unpaired) electrons. The quantitative estimate of drug-likeness (QED) is 0.793. The van der Waals surface area contributed by atoms with Crippen molar-refractivity contribution in [3.63, 3.8) is 0 Å². The number of hydrogen-bond donors (Lipinski definition) is 1. The van der Waals surface area contributed by atoms with Gasteiger partial charge in [0, 0.05) is 5.56 Å². The monoisotopic (exact) mass is 335 g/mol. The van der Waals surface area contributed by atoms with Crippen LogP contribution in [-0.4, -0.2) is 38.4 Å². The largest absolute Gasteiger partial charge is 0.490 e. The minimum atomic E-state index is -4.48. The average Bonchev–Trinajstić information content (AvgIpc) is 2.47. The summed E-state index contributed by atoms with van der Waals surface area (Å²) in [5.74, 6) is -0.0502. The number of benzene rings is 1. The van der Waals surface area contributed by atoms with E-state index in [0.29, 0.717) is 25.6 Å². The summed E-state index contributed by atoms with van der Waals surface area (Å²) in [5, 5.41) is 1.81. The SMILES string of the molecule is CCOc1cc(C(=O)NCC(F)(F)F)cc(OCC)c1OCC. The maximum atomic E-state index is 12.2. The van der Waals surface area contributed by atoms with Crippen molar-refractivity contribution in [3.05, 3.63) is 17.7 Å². The normalized spacial score (nSPS) is 11.0. The van der Waals surface area contributed by atoms with E-state index in [4.69, 9.17) is 14.2 Å². The van der Waals surface area contributed by atoms with E-state index in [1.807, 2.05) is 5.32 Å². The van der Waals surface area contributed by atoms with Crippen molar-refractivity contribution in [2.24, 2.45) is 0 Å². The van der Waals surface area contributed by atoms with Crippen molar-refractivity contribution in [2.45, 2.75) is 26.9 Å². The van der Waals surface area contributed by atoms with Crippen molar-refractivity contribution in [1.82, 2.24) is 5.32 Å². The summed E-state index contributed by atoms with van der Waals surface area (Å²) < 4.78 is 52.9. The van der Waals surface area contributed by atoms with Crippen molar-refractivity contribution in [2.75, 3.05) is 26.4 Å². The standard InChI is InChI=1S/C15H20F3NO4/c1-4-21-11-7-10(14(20)19-9-15(16,17)18)8-12(22-5-2)13(11)23-6-3/h7-8H,4-6,9H2,1-3H3,(H,19,20). The summed E-state index contributed by atoms with van der Waals surface area (Å²) >= 11 is 0. The lowest BCUT2D eigenvalue weighted by molar-refractivity contribution is -0.123. The van der Waals surface area contributed by atoms with Gasteiger partial charge in [-0.05, 0) is 32.9 Å². The molecular formula is C15H20F3NO4. The Hall–Kier alpha value is -2.12. The fourth-order valence-corrected chi connectivity index (χ4v) is 1.80. The molecule has 1 N–H and O–H groups in total. The molecule has 0 aliphatic heterocycles. The molecule has 8 heteroatoms. The van der Waals surface area contributed by atoms with Gasteiger partial charge in [-0.1, -0.05) is 0 Å². The second kappa shape index (κ2) is 8.50. The van der Waals surface area contributed by atoms with Gasteiger partial charge in [0.1, 0.15) is 6.54 Å². The number of ether oxygens (including phenoxy) is 3. The molecule has 0 aliphatic rings. The van der Waals surface area contributed by atoms with Gasteiger partial charge in [-0.2, -0.15) is 13.2 Å². The van der Waals surface area contributed by atoms with E-state index >= 15 is 0 Å². The van der Waals surface area contributed by atoms with Gasteiger partial charge in [-0.3, -0.25) is 4.79 Å². The summed E-state index contributed by atoms with van der Waals surface area (Å²) in [7, 11) is 0. The van der Waals surface area contributed by atoms with Crippen LogP contribution in [0.1, 0.15) is 31.1 Å². The Labute approximate surface area is 132 Å². The molecule has 0 saturated heterocycles. The highest BCUT2D eigenvalue weighted by Crippen LogP contribution is 2.39. The second-order valence-electron chi connectivity index (χ2n) is 4.40. The molecule has 1 aromatic rings. The maximum Gasteiger partial charge on any atom is 0.405 e. The third kappa shape index (κ3) is 5.88. The Morgan fingerprint density at radius 1 is 1.00 bits per heavy atom. The molecule has 0 unspecified atom stereocenters. The van der Waals surface area contributed by atoms with Crippen molar-refractivity contribution >= 4 is 5.91 Å². The fraction of sp³-hybridized carbons (Fsp3) is 0.533. The lowest BCUT2D eigenvalue weighted by Gasteiger charge is -2.17. The zero-order valence-corrected chi connectivity index (χ0v) is 13.3. The first-order valence-electron chi connectivity index (χ1n) is 7.23. The molecule has 1 amide bonds. The third-order valence-electron chi connectivity index (χ3n) is 2.62. The smallest absolute Gasteiger partial charge is 0.405 e. The predicted octanol–water partition coefficient (Wildman–Crippen LogP) is 3.17. The van der Waals surface area contributed by atoms with E-state index in [1.165, 1.54) is 12.1 Å². The van der Waals surface area contributed by atoms with Crippen molar-refractivity contribution in [3.8, 4) is 17.2 Å². The highest BCUT2D eigenvalue weighted by molar-refractivity contribution is 5.95. The lowest BCUT2D eigenvalue weighted by Crippen LogP contribution is -2.33. The van der Waals surface area contributed by atoms with E-state index < -0.39 is 18.6 Å². The van der Waals surface area contributed by atoms with E-state index in [9.17, 15) is 18.0 Å². The van der Waals surface area contributed by atoms with Gasteiger partial charge in [0.05, 0.1) is 19.8 Å². The van der Waals surface area contributed by atoms with Crippen LogP contribution in [0.3, 0.4) is 0 Å². The Bertz CT molecular complexity index is 505. The minimum Gasteiger partial charge on any atom is -0.490 e. The van der Waals surface area contributed by atoms with E-state index in [1.54, 1.807) is 20.8 Å². The number of rotatable bonds is 8. The fourth-order valence-electron chi connectivity index (χ4n) is 1.80. The van der Waals surface area contributed by atoms with Crippen LogP contribution in [0.5, 0.6) is 17.2 Å². The number of nitrogens with one attached hydrogen (secondary N) is 1. The molecule has 5 nitrogen and oxygen atoms in total. The average molecular weight is 335 g/mol. The molecule has 0 bridgehead atoms.